The van der Waals surface area contributed by atoms with Crippen molar-refractivity contribution in [3.8, 4) is 0 Å². The number of hydrogen-bond donors (Lipinski definition) is 2. The van der Waals surface area contributed by atoms with Gasteiger partial charge in [0.1, 0.15) is 5.82 Å². The van der Waals surface area contributed by atoms with Crippen LogP contribution < -0.4 is 15.8 Å². The first-order chi connectivity index (χ1) is 14.8. The zero-order chi connectivity index (χ0) is 21.9. The van der Waals surface area contributed by atoms with Crippen LogP contribution in [0.4, 0.5) is 16.0 Å². The molecule has 7 nitrogen and oxygen atoms in total. The molecule has 2 aromatic carbocycles. The quantitative estimate of drug-likeness (QED) is 0.655. The van der Waals surface area contributed by atoms with Crippen molar-refractivity contribution in [3.05, 3.63) is 63.7 Å². The largest absolute Gasteiger partial charge is 0.478 e. The van der Waals surface area contributed by atoms with E-state index < -0.39 is 17.8 Å². The highest BCUT2D eigenvalue weighted by molar-refractivity contribution is 5.94. The zero-order valence-corrected chi connectivity index (χ0v) is 17.3. The van der Waals surface area contributed by atoms with Crippen molar-refractivity contribution >= 4 is 28.5 Å². The Balaban J connectivity index is 1.60. The Hall–Kier alpha value is -3.42. The molecule has 2 heterocycles. The Morgan fingerprint density at radius 1 is 1.26 bits per heavy atom. The normalized spacial score (nSPS) is 20.5. The standard InChI is InChI=1S/C23H23FN4O3/c1-12(25-19-6-4-3-5-16(19)22(30)31)17-8-15(24)9-18-20(17)26-23(27(2)21(18)29)28-10-13-7-14(13)11-28/h3-6,8-9,12-14,25H,7,10-11H2,1-2H3,(H,30,31)/t12?,13-,14+. The summed E-state index contributed by atoms with van der Waals surface area (Å²) in [6, 6.07) is 8.66. The number of carbonyl (C=O) groups is 1. The zero-order valence-electron chi connectivity index (χ0n) is 17.3. The number of fused-ring (bicyclic) bond motifs is 2. The van der Waals surface area contributed by atoms with E-state index in [0.29, 0.717) is 34.6 Å². The van der Waals surface area contributed by atoms with Gasteiger partial charge in [-0.15, -0.1) is 0 Å². The molecule has 0 amide bonds. The highest BCUT2D eigenvalue weighted by atomic mass is 19.1. The highest BCUT2D eigenvalue weighted by Gasteiger charge is 2.46. The summed E-state index contributed by atoms with van der Waals surface area (Å²) >= 11 is 0. The summed E-state index contributed by atoms with van der Waals surface area (Å²) in [4.78, 5) is 31.5. The van der Waals surface area contributed by atoms with E-state index in [4.69, 9.17) is 4.98 Å². The summed E-state index contributed by atoms with van der Waals surface area (Å²) in [5.74, 6) is 0.357. The molecule has 0 radical (unpaired) electrons. The minimum atomic E-state index is -1.05. The number of carboxylic acid groups (broad SMARTS) is 1. The monoisotopic (exact) mass is 422 g/mol. The number of benzene rings is 2. The van der Waals surface area contributed by atoms with Crippen LogP contribution in [0.15, 0.2) is 41.2 Å². The first-order valence-corrected chi connectivity index (χ1v) is 10.4. The Labute approximate surface area is 178 Å². The molecule has 1 aliphatic heterocycles. The van der Waals surface area contributed by atoms with Crippen LogP contribution >= 0.6 is 0 Å². The van der Waals surface area contributed by atoms with Crippen molar-refractivity contribution < 1.29 is 14.3 Å². The second-order valence-electron chi connectivity index (χ2n) is 8.54. The van der Waals surface area contributed by atoms with Gasteiger partial charge in [-0.3, -0.25) is 9.36 Å². The molecule has 2 aliphatic rings. The molecule has 5 rings (SSSR count). The van der Waals surface area contributed by atoms with Crippen molar-refractivity contribution in [1.29, 1.82) is 0 Å². The van der Waals surface area contributed by atoms with Gasteiger partial charge in [-0.2, -0.15) is 0 Å². The number of nitrogens with zero attached hydrogens (tertiary/aromatic N) is 3. The smallest absolute Gasteiger partial charge is 0.337 e. The number of rotatable bonds is 5. The van der Waals surface area contributed by atoms with Gasteiger partial charge >= 0.3 is 5.97 Å². The van der Waals surface area contributed by atoms with Crippen molar-refractivity contribution in [1.82, 2.24) is 9.55 Å². The average molecular weight is 422 g/mol. The molecule has 2 N–H and O–H groups in total. The third-order valence-corrected chi connectivity index (χ3v) is 6.41. The summed E-state index contributed by atoms with van der Waals surface area (Å²) in [7, 11) is 1.67. The van der Waals surface area contributed by atoms with E-state index in [1.54, 1.807) is 32.2 Å². The third-order valence-electron chi connectivity index (χ3n) is 6.41. The number of piperidine rings is 1. The van der Waals surface area contributed by atoms with Crippen LogP contribution in [-0.2, 0) is 7.05 Å². The molecule has 3 atom stereocenters. The molecule has 2 fully saturated rings. The molecule has 1 unspecified atom stereocenters. The van der Waals surface area contributed by atoms with Crippen molar-refractivity contribution in [2.45, 2.75) is 19.4 Å². The number of para-hydroxylation sites is 1. The first-order valence-electron chi connectivity index (χ1n) is 10.4. The van der Waals surface area contributed by atoms with Gasteiger partial charge < -0.3 is 15.3 Å². The van der Waals surface area contributed by atoms with E-state index in [1.807, 2.05) is 0 Å². The van der Waals surface area contributed by atoms with Crippen LogP contribution in [0.5, 0.6) is 0 Å². The second kappa shape index (κ2) is 7.08. The van der Waals surface area contributed by atoms with Crippen LogP contribution in [0.1, 0.15) is 35.3 Å². The third kappa shape index (κ3) is 3.32. The second-order valence-corrected chi connectivity index (χ2v) is 8.54. The van der Waals surface area contributed by atoms with E-state index >= 15 is 0 Å². The highest BCUT2D eigenvalue weighted by Crippen LogP contribution is 2.46. The Morgan fingerprint density at radius 3 is 2.68 bits per heavy atom. The number of aromatic carboxylic acids is 1. The van der Waals surface area contributed by atoms with Crippen LogP contribution in [0.25, 0.3) is 10.9 Å². The fraction of sp³-hybridized carbons (Fsp3) is 0.348. The number of anilines is 2. The number of carboxylic acids is 1. The summed E-state index contributed by atoms with van der Waals surface area (Å²) in [6.07, 6.45) is 1.23. The number of halogens is 1. The molecule has 160 valence electrons. The van der Waals surface area contributed by atoms with Gasteiger partial charge in [0, 0.05) is 31.4 Å². The van der Waals surface area contributed by atoms with Crippen molar-refractivity contribution in [2.24, 2.45) is 18.9 Å². The molecule has 1 saturated heterocycles. The SMILES string of the molecule is CC(Nc1ccccc1C(=O)O)c1cc(F)cc2c(=O)n(C)c(N3C[C@H]4C[C@H]4C3)nc12. The van der Waals surface area contributed by atoms with Crippen LogP contribution in [-0.4, -0.2) is 33.7 Å². The molecule has 1 aliphatic carbocycles. The lowest BCUT2D eigenvalue weighted by atomic mass is 10.0. The molecule has 0 bridgehead atoms. The lowest BCUT2D eigenvalue weighted by molar-refractivity contribution is 0.0698. The lowest BCUT2D eigenvalue weighted by Gasteiger charge is -2.23. The molecule has 1 aromatic heterocycles. The van der Waals surface area contributed by atoms with Gasteiger partial charge in [-0.05, 0) is 49.4 Å². The summed E-state index contributed by atoms with van der Waals surface area (Å²) in [5, 5.41) is 12.8. The van der Waals surface area contributed by atoms with Crippen molar-refractivity contribution in [2.75, 3.05) is 23.3 Å². The molecular formula is C23H23FN4O3. The van der Waals surface area contributed by atoms with E-state index in [-0.39, 0.29) is 16.5 Å². The van der Waals surface area contributed by atoms with Gasteiger partial charge in [0.2, 0.25) is 5.95 Å². The van der Waals surface area contributed by atoms with Crippen molar-refractivity contribution in [3.63, 3.8) is 0 Å². The molecule has 1 saturated carbocycles. The Kier molecular flexibility index (Phi) is 4.46. The maximum Gasteiger partial charge on any atom is 0.337 e. The number of hydrogen-bond acceptors (Lipinski definition) is 5. The maximum atomic E-state index is 14.5. The maximum absolute atomic E-state index is 14.5. The van der Waals surface area contributed by atoms with Crippen LogP contribution in [0, 0.1) is 17.7 Å². The lowest BCUT2D eigenvalue weighted by Crippen LogP contribution is -2.31. The predicted molar refractivity (Wildman–Crippen MR) is 116 cm³/mol. The summed E-state index contributed by atoms with van der Waals surface area (Å²) in [5.41, 5.74) is 1.20. The summed E-state index contributed by atoms with van der Waals surface area (Å²) < 4.78 is 16.0. The first kappa shape index (κ1) is 19.5. The molecular weight excluding hydrogens is 399 g/mol. The molecule has 3 aromatic rings. The Morgan fingerprint density at radius 2 is 1.97 bits per heavy atom. The number of nitrogens with one attached hydrogen (secondary N) is 1. The van der Waals surface area contributed by atoms with Crippen LogP contribution in [0.2, 0.25) is 0 Å². The fourth-order valence-electron chi connectivity index (χ4n) is 4.64. The molecule has 31 heavy (non-hydrogen) atoms. The minimum Gasteiger partial charge on any atom is -0.478 e. The van der Waals surface area contributed by atoms with E-state index in [0.717, 1.165) is 13.1 Å². The topological polar surface area (TPSA) is 87.5 Å². The van der Waals surface area contributed by atoms with Gasteiger partial charge in [0.25, 0.3) is 5.56 Å². The van der Waals surface area contributed by atoms with Gasteiger partial charge in [-0.25, -0.2) is 14.2 Å². The molecule has 0 spiro atoms. The fourth-order valence-corrected chi connectivity index (χ4v) is 4.64. The van der Waals surface area contributed by atoms with Gasteiger partial charge in [0.15, 0.2) is 0 Å². The van der Waals surface area contributed by atoms with Crippen LogP contribution in [0.3, 0.4) is 0 Å². The summed E-state index contributed by atoms with van der Waals surface area (Å²) in [6.45, 7) is 3.57. The van der Waals surface area contributed by atoms with E-state index in [1.165, 1.54) is 29.2 Å². The Bertz CT molecular complexity index is 1260. The van der Waals surface area contributed by atoms with Gasteiger partial charge in [-0.1, -0.05) is 12.1 Å². The predicted octanol–water partition coefficient (Wildman–Crippen LogP) is 3.40. The van der Waals surface area contributed by atoms with Gasteiger partial charge in [0.05, 0.1) is 22.5 Å². The van der Waals surface area contributed by atoms with E-state index in [9.17, 15) is 19.1 Å². The molecule has 8 heteroatoms. The minimum absolute atomic E-state index is 0.121. The van der Waals surface area contributed by atoms with E-state index in [2.05, 4.69) is 10.2 Å². The number of aromatic nitrogens is 2. The average Bonchev–Trinajstić information content (AvgIpc) is 3.35.